The lowest BCUT2D eigenvalue weighted by Crippen LogP contribution is -2.27. The SMILES string of the molecule is CC(C)(C)OC(=O)Nc1cc(Cl)cc2[nH]c(=O)[nH]c12. The van der Waals surface area contributed by atoms with E-state index < -0.39 is 11.7 Å². The van der Waals surface area contributed by atoms with Gasteiger partial charge < -0.3 is 14.7 Å². The number of ether oxygens (including phenoxy) is 1. The molecule has 0 saturated heterocycles. The Hall–Kier alpha value is -1.95. The Balaban J connectivity index is 2.34. The maximum absolute atomic E-state index is 11.7. The Morgan fingerprint density at radius 2 is 2.00 bits per heavy atom. The van der Waals surface area contributed by atoms with Crippen LogP contribution < -0.4 is 11.0 Å². The number of fused-ring (bicyclic) bond motifs is 1. The highest BCUT2D eigenvalue weighted by molar-refractivity contribution is 6.31. The van der Waals surface area contributed by atoms with E-state index in [0.717, 1.165) is 0 Å². The number of benzene rings is 1. The number of nitrogens with one attached hydrogen (secondary N) is 3. The van der Waals surface area contributed by atoms with Crippen LogP contribution in [0.5, 0.6) is 0 Å². The van der Waals surface area contributed by atoms with Gasteiger partial charge in [0.05, 0.1) is 16.7 Å². The van der Waals surface area contributed by atoms with Gasteiger partial charge >= 0.3 is 11.8 Å². The zero-order valence-corrected chi connectivity index (χ0v) is 11.5. The van der Waals surface area contributed by atoms with Crippen molar-refractivity contribution in [3.05, 3.63) is 27.6 Å². The highest BCUT2D eigenvalue weighted by Gasteiger charge is 2.17. The molecular formula is C12H14ClN3O3. The summed E-state index contributed by atoms with van der Waals surface area (Å²) < 4.78 is 5.14. The minimum absolute atomic E-state index is 0.371. The van der Waals surface area contributed by atoms with E-state index in [4.69, 9.17) is 16.3 Å². The monoisotopic (exact) mass is 283 g/mol. The minimum Gasteiger partial charge on any atom is -0.444 e. The van der Waals surface area contributed by atoms with Crippen molar-refractivity contribution in [1.29, 1.82) is 0 Å². The van der Waals surface area contributed by atoms with Crippen LogP contribution in [0.4, 0.5) is 10.5 Å². The first-order valence-electron chi connectivity index (χ1n) is 5.66. The highest BCUT2D eigenvalue weighted by atomic mass is 35.5. The van der Waals surface area contributed by atoms with E-state index in [0.29, 0.717) is 21.7 Å². The number of rotatable bonds is 1. The zero-order chi connectivity index (χ0) is 14.2. The van der Waals surface area contributed by atoms with Crippen molar-refractivity contribution >= 4 is 34.4 Å². The lowest BCUT2D eigenvalue weighted by atomic mass is 10.2. The zero-order valence-electron chi connectivity index (χ0n) is 10.8. The van der Waals surface area contributed by atoms with Gasteiger partial charge in [0.25, 0.3) is 0 Å². The van der Waals surface area contributed by atoms with E-state index in [1.54, 1.807) is 26.8 Å². The Bertz CT molecular complexity index is 682. The smallest absolute Gasteiger partial charge is 0.412 e. The van der Waals surface area contributed by atoms with Gasteiger partial charge in [-0.15, -0.1) is 0 Å². The van der Waals surface area contributed by atoms with Gasteiger partial charge in [-0.3, -0.25) is 5.32 Å². The predicted octanol–water partition coefficient (Wildman–Crippen LogP) is 2.86. The average molecular weight is 284 g/mol. The molecule has 0 aliphatic heterocycles. The fourth-order valence-electron chi connectivity index (χ4n) is 1.62. The van der Waals surface area contributed by atoms with Crippen molar-refractivity contribution in [2.45, 2.75) is 26.4 Å². The number of anilines is 1. The molecular weight excluding hydrogens is 270 g/mol. The molecule has 2 aromatic rings. The van der Waals surface area contributed by atoms with Crippen molar-refractivity contribution < 1.29 is 9.53 Å². The molecule has 0 atom stereocenters. The first kappa shape index (κ1) is 13.5. The van der Waals surface area contributed by atoms with E-state index in [-0.39, 0.29) is 5.69 Å². The third kappa shape index (κ3) is 3.29. The van der Waals surface area contributed by atoms with Gasteiger partial charge in [-0.2, -0.15) is 0 Å². The summed E-state index contributed by atoms with van der Waals surface area (Å²) in [6.45, 7) is 5.29. The molecule has 0 aliphatic rings. The standard InChI is InChI=1S/C12H14ClN3O3/c1-12(2,3)19-11(18)15-8-5-6(13)4-7-9(8)16-10(17)14-7/h4-5H,1-3H3,(H,15,18)(H2,14,16,17). The maximum Gasteiger partial charge on any atom is 0.412 e. The molecule has 0 unspecified atom stereocenters. The van der Waals surface area contributed by atoms with Gasteiger partial charge in [-0.05, 0) is 32.9 Å². The number of carbonyl (C=O) groups excluding carboxylic acids is 1. The van der Waals surface area contributed by atoms with Gasteiger partial charge in [-0.1, -0.05) is 11.6 Å². The van der Waals surface area contributed by atoms with Crippen molar-refractivity contribution in [3.63, 3.8) is 0 Å². The molecule has 0 bridgehead atoms. The van der Waals surface area contributed by atoms with Gasteiger partial charge in [0.2, 0.25) is 0 Å². The summed E-state index contributed by atoms with van der Waals surface area (Å²) in [6, 6.07) is 3.13. The summed E-state index contributed by atoms with van der Waals surface area (Å²) in [4.78, 5) is 28.1. The molecule has 0 radical (unpaired) electrons. The normalized spacial score (nSPS) is 11.6. The predicted molar refractivity (Wildman–Crippen MR) is 73.8 cm³/mol. The van der Waals surface area contributed by atoms with Crippen LogP contribution >= 0.6 is 11.6 Å². The summed E-state index contributed by atoms with van der Waals surface area (Å²) in [7, 11) is 0. The molecule has 0 saturated carbocycles. The summed E-state index contributed by atoms with van der Waals surface area (Å²) in [5.41, 5.74) is 0.399. The summed E-state index contributed by atoms with van der Waals surface area (Å²) >= 11 is 5.92. The first-order chi connectivity index (χ1) is 8.74. The summed E-state index contributed by atoms with van der Waals surface area (Å²) in [5.74, 6) is 0. The molecule has 1 aromatic heterocycles. The van der Waals surface area contributed by atoms with E-state index in [2.05, 4.69) is 15.3 Å². The average Bonchev–Trinajstić information content (AvgIpc) is 2.55. The number of aromatic amines is 2. The number of halogens is 1. The summed E-state index contributed by atoms with van der Waals surface area (Å²) in [5, 5.41) is 2.96. The maximum atomic E-state index is 11.7. The second-order valence-electron chi connectivity index (χ2n) is 5.08. The Morgan fingerprint density at radius 3 is 2.63 bits per heavy atom. The molecule has 19 heavy (non-hydrogen) atoms. The van der Waals surface area contributed by atoms with Crippen molar-refractivity contribution in [3.8, 4) is 0 Å². The Kier molecular flexibility index (Phi) is 3.28. The third-order valence-corrected chi connectivity index (χ3v) is 2.44. The molecule has 3 N–H and O–H groups in total. The number of imidazole rings is 1. The topological polar surface area (TPSA) is 87.0 Å². The molecule has 0 spiro atoms. The van der Waals surface area contributed by atoms with Gasteiger partial charge in [0.1, 0.15) is 5.60 Å². The van der Waals surface area contributed by atoms with Crippen molar-refractivity contribution in [2.75, 3.05) is 5.32 Å². The van der Waals surface area contributed by atoms with E-state index in [9.17, 15) is 9.59 Å². The second kappa shape index (κ2) is 4.62. The van der Waals surface area contributed by atoms with E-state index in [1.165, 1.54) is 6.07 Å². The largest absolute Gasteiger partial charge is 0.444 e. The van der Waals surface area contributed by atoms with Crippen molar-refractivity contribution in [2.24, 2.45) is 0 Å². The lowest BCUT2D eigenvalue weighted by molar-refractivity contribution is 0.0636. The van der Waals surface area contributed by atoms with E-state index in [1.807, 2.05) is 0 Å². The molecule has 1 heterocycles. The second-order valence-corrected chi connectivity index (χ2v) is 5.52. The lowest BCUT2D eigenvalue weighted by Gasteiger charge is -2.19. The highest BCUT2D eigenvalue weighted by Crippen LogP contribution is 2.25. The molecule has 7 heteroatoms. The number of carbonyl (C=O) groups is 1. The first-order valence-corrected chi connectivity index (χ1v) is 6.04. The van der Waals surface area contributed by atoms with Crippen LogP contribution in [0.3, 0.4) is 0 Å². The van der Waals surface area contributed by atoms with Crippen LogP contribution in [-0.4, -0.2) is 21.7 Å². The molecule has 1 amide bonds. The van der Waals surface area contributed by atoms with Crippen LogP contribution in [0.2, 0.25) is 5.02 Å². The number of aromatic nitrogens is 2. The number of H-pyrrole nitrogens is 2. The van der Waals surface area contributed by atoms with Gasteiger partial charge in [-0.25, -0.2) is 9.59 Å². The number of hydrogen-bond donors (Lipinski definition) is 3. The van der Waals surface area contributed by atoms with Crippen LogP contribution in [0.15, 0.2) is 16.9 Å². The Labute approximate surface area is 114 Å². The van der Waals surface area contributed by atoms with Gasteiger partial charge in [0, 0.05) is 5.02 Å². The van der Waals surface area contributed by atoms with Gasteiger partial charge in [0.15, 0.2) is 0 Å². The fraction of sp³-hybridized carbons (Fsp3) is 0.333. The molecule has 6 nitrogen and oxygen atoms in total. The van der Waals surface area contributed by atoms with E-state index >= 15 is 0 Å². The van der Waals surface area contributed by atoms with Crippen molar-refractivity contribution in [1.82, 2.24) is 9.97 Å². The molecule has 1 aromatic carbocycles. The molecule has 2 rings (SSSR count). The van der Waals surface area contributed by atoms with Crippen LogP contribution in [0, 0.1) is 0 Å². The quantitative estimate of drug-likeness (QED) is 0.752. The summed E-state index contributed by atoms with van der Waals surface area (Å²) in [6.07, 6.45) is -0.613. The fourth-order valence-corrected chi connectivity index (χ4v) is 1.84. The number of amides is 1. The Morgan fingerprint density at radius 1 is 1.32 bits per heavy atom. The van der Waals surface area contributed by atoms with Crippen LogP contribution in [-0.2, 0) is 4.74 Å². The molecule has 0 aliphatic carbocycles. The molecule has 102 valence electrons. The van der Waals surface area contributed by atoms with Crippen LogP contribution in [0.1, 0.15) is 20.8 Å². The number of hydrogen-bond acceptors (Lipinski definition) is 3. The third-order valence-electron chi connectivity index (χ3n) is 2.23. The molecule has 0 fully saturated rings. The van der Waals surface area contributed by atoms with Crippen LogP contribution in [0.25, 0.3) is 11.0 Å². The minimum atomic E-state index is -0.613.